The van der Waals surface area contributed by atoms with E-state index in [-0.39, 0.29) is 0 Å². The van der Waals surface area contributed by atoms with E-state index in [0.717, 1.165) is 16.6 Å². The van der Waals surface area contributed by atoms with E-state index in [1.165, 1.54) is 37.8 Å². The molecule has 0 atom stereocenters. The zero-order valence-electron chi connectivity index (χ0n) is 10.5. The van der Waals surface area contributed by atoms with Gasteiger partial charge >= 0.3 is 0 Å². The zero-order valence-corrected chi connectivity index (χ0v) is 10.5. The number of rotatable bonds is 2. The van der Waals surface area contributed by atoms with Crippen molar-refractivity contribution in [2.24, 2.45) is 0 Å². The number of fused-ring (bicyclic) bond motifs is 1. The lowest BCUT2D eigenvalue weighted by Crippen LogP contribution is -2.22. The fourth-order valence-corrected chi connectivity index (χ4v) is 2.76. The molecular weight excluding hydrogens is 222 g/mol. The van der Waals surface area contributed by atoms with E-state index in [1.54, 1.807) is 0 Å². The van der Waals surface area contributed by atoms with Gasteiger partial charge < -0.3 is 11.1 Å². The summed E-state index contributed by atoms with van der Waals surface area (Å²) in [7, 11) is 0. The van der Waals surface area contributed by atoms with Crippen molar-refractivity contribution in [1.29, 1.82) is 0 Å². The maximum Gasteiger partial charge on any atom is 0.0743 e. The van der Waals surface area contributed by atoms with E-state index in [2.05, 4.69) is 22.4 Å². The van der Waals surface area contributed by atoms with Crippen LogP contribution in [-0.4, -0.2) is 11.0 Å². The number of nitrogens with two attached hydrogens (primary N) is 1. The number of nitrogens with one attached hydrogen (secondary N) is 1. The van der Waals surface area contributed by atoms with Crippen LogP contribution in [0.2, 0.25) is 0 Å². The number of hydrogen-bond acceptors (Lipinski definition) is 3. The van der Waals surface area contributed by atoms with Gasteiger partial charge in [0.2, 0.25) is 0 Å². The van der Waals surface area contributed by atoms with Crippen LogP contribution in [0.4, 0.5) is 11.4 Å². The van der Waals surface area contributed by atoms with Gasteiger partial charge in [-0.1, -0.05) is 19.3 Å². The highest BCUT2D eigenvalue weighted by Gasteiger charge is 2.14. The summed E-state index contributed by atoms with van der Waals surface area (Å²) < 4.78 is 0. The molecule has 3 rings (SSSR count). The minimum atomic E-state index is 0.613. The molecule has 1 aromatic carbocycles. The number of hydrogen-bond donors (Lipinski definition) is 2. The van der Waals surface area contributed by atoms with E-state index in [9.17, 15) is 0 Å². The van der Waals surface area contributed by atoms with Crippen LogP contribution >= 0.6 is 0 Å². The molecule has 2 aromatic rings. The average molecular weight is 241 g/mol. The van der Waals surface area contributed by atoms with Crippen LogP contribution in [-0.2, 0) is 0 Å². The molecule has 3 N–H and O–H groups in total. The molecule has 1 saturated carbocycles. The van der Waals surface area contributed by atoms with Crippen molar-refractivity contribution in [2.75, 3.05) is 11.1 Å². The highest BCUT2D eigenvalue weighted by molar-refractivity contribution is 5.92. The topological polar surface area (TPSA) is 50.9 Å². The molecule has 0 radical (unpaired) electrons. The van der Waals surface area contributed by atoms with Gasteiger partial charge in [-0.25, -0.2) is 0 Å². The second kappa shape index (κ2) is 4.84. The predicted molar refractivity (Wildman–Crippen MR) is 76.7 cm³/mol. The molecule has 1 heterocycles. The quantitative estimate of drug-likeness (QED) is 0.790. The first-order chi connectivity index (χ1) is 8.83. The lowest BCUT2D eigenvalue weighted by molar-refractivity contribution is 0.463. The number of benzene rings is 1. The van der Waals surface area contributed by atoms with E-state index < -0.39 is 0 Å². The lowest BCUT2D eigenvalue weighted by atomic mass is 9.95. The molecule has 0 spiro atoms. The first-order valence-corrected chi connectivity index (χ1v) is 6.74. The van der Waals surface area contributed by atoms with Crippen LogP contribution in [0.1, 0.15) is 32.1 Å². The number of nitrogen functional groups attached to an aromatic ring is 1. The third kappa shape index (κ3) is 2.26. The Morgan fingerprint density at radius 3 is 2.78 bits per heavy atom. The molecule has 1 aromatic heterocycles. The number of aromatic nitrogens is 1. The third-order valence-corrected chi connectivity index (χ3v) is 3.73. The van der Waals surface area contributed by atoms with Gasteiger partial charge in [0, 0.05) is 29.0 Å². The molecule has 1 aliphatic carbocycles. The highest BCUT2D eigenvalue weighted by Crippen LogP contribution is 2.27. The maximum atomic E-state index is 5.80. The largest absolute Gasteiger partial charge is 0.399 e. The van der Waals surface area contributed by atoms with Crippen molar-refractivity contribution in [3.8, 4) is 0 Å². The molecule has 0 amide bonds. The van der Waals surface area contributed by atoms with Gasteiger partial charge in [0.1, 0.15) is 0 Å². The second-order valence-corrected chi connectivity index (χ2v) is 5.11. The van der Waals surface area contributed by atoms with E-state index >= 15 is 0 Å². The molecule has 18 heavy (non-hydrogen) atoms. The molecule has 1 fully saturated rings. The Kier molecular flexibility index (Phi) is 3.05. The van der Waals surface area contributed by atoms with Crippen molar-refractivity contribution >= 4 is 22.3 Å². The Bertz CT molecular complexity index is 544. The molecule has 0 saturated heterocycles. The molecule has 0 aliphatic heterocycles. The van der Waals surface area contributed by atoms with Crippen molar-refractivity contribution < 1.29 is 0 Å². The Balaban J connectivity index is 1.91. The summed E-state index contributed by atoms with van der Waals surface area (Å²) >= 11 is 0. The fraction of sp³-hybridized carbons (Fsp3) is 0.400. The third-order valence-electron chi connectivity index (χ3n) is 3.73. The Labute approximate surface area is 107 Å². The van der Waals surface area contributed by atoms with Crippen molar-refractivity contribution in [3.05, 3.63) is 30.5 Å². The predicted octanol–water partition coefficient (Wildman–Crippen LogP) is 3.56. The van der Waals surface area contributed by atoms with Crippen molar-refractivity contribution in [2.45, 2.75) is 38.1 Å². The number of nitrogens with zero attached hydrogens (tertiary/aromatic N) is 1. The zero-order chi connectivity index (χ0) is 12.4. The van der Waals surface area contributed by atoms with Gasteiger partial charge in [-0.2, -0.15) is 0 Å². The van der Waals surface area contributed by atoms with Crippen LogP contribution in [0, 0.1) is 0 Å². The maximum absolute atomic E-state index is 5.80. The minimum Gasteiger partial charge on any atom is -0.399 e. The number of anilines is 2. The summed E-state index contributed by atoms with van der Waals surface area (Å²) in [6, 6.07) is 8.61. The van der Waals surface area contributed by atoms with E-state index in [1.807, 2.05) is 18.3 Å². The Morgan fingerprint density at radius 1 is 1.11 bits per heavy atom. The summed E-state index contributed by atoms with van der Waals surface area (Å²) in [5, 5.41) is 4.83. The molecule has 94 valence electrons. The normalized spacial score (nSPS) is 16.9. The number of pyridine rings is 1. The van der Waals surface area contributed by atoms with Crippen LogP contribution < -0.4 is 11.1 Å². The summed E-state index contributed by atoms with van der Waals surface area (Å²) in [5.74, 6) is 0. The van der Waals surface area contributed by atoms with Gasteiger partial charge in [0.05, 0.1) is 5.52 Å². The van der Waals surface area contributed by atoms with Crippen molar-refractivity contribution in [1.82, 2.24) is 4.98 Å². The molecule has 3 nitrogen and oxygen atoms in total. The van der Waals surface area contributed by atoms with E-state index in [4.69, 9.17) is 5.73 Å². The highest BCUT2D eigenvalue weighted by atomic mass is 14.9. The van der Waals surface area contributed by atoms with Gasteiger partial charge in [0.15, 0.2) is 0 Å². The SMILES string of the molecule is Nc1ccc2c(NC3CCCCC3)ccnc2c1. The first-order valence-electron chi connectivity index (χ1n) is 6.74. The van der Waals surface area contributed by atoms with Gasteiger partial charge in [0.25, 0.3) is 0 Å². The second-order valence-electron chi connectivity index (χ2n) is 5.11. The minimum absolute atomic E-state index is 0.613. The summed E-state index contributed by atoms with van der Waals surface area (Å²) in [5.41, 5.74) is 8.72. The van der Waals surface area contributed by atoms with Gasteiger partial charge in [-0.15, -0.1) is 0 Å². The molecular formula is C15H19N3. The smallest absolute Gasteiger partial charge is 0.0743 e. The molecule has 0 unspecified atom stereocenters. The average Bonchev–Trinajstić information content (AvgIpc) is 2.40. The van der Waals surface area contributed by atoms with E-state index in [0.29, 0.717) is 6.04 Å². The lowest BCUT2D eigenvalue weighted by Gasteiger charge is -2.24. The van der Waals surface area contributed by atoms with Crippen LogP contribution in [0.15, 0.2) is 30.5 Å². The summed E-state index contributed by atoms with van der Waals surface area (Å²) in [6.07, 6.45) is 8.47. The first kappa shape index (κ1) is 11.3. The monoisotopic (exact) mass is 241 g/mol. The van der Waals surface area contributed by atoms with Gasteiger partial charge in [-0.3, -0.25) is 4.98 Å². The Hall–Kier alpha value is -1.77. The van der Waals surface area contributed by atoms with Gasteiger partial charge in [-0.05, 0) is 37.1 Å². The summed E-state index contributed by atoms with van der Waals surface area (Å²) in [4.78, 5) is 4.38. The molecule has 1 aliphatic rings. The van der Waals surface area contributed by atoms with Crippen LogP contribution in [0.5, 0.6) is 0 Å². The summed E-state index contributed by atoms with van der Waals surface area (Å²) in [6.45, 7) is 0. The van der Waals surface area contributed by atoms with Crippen molar-refractivity contribution in [3.63, 3.8) is 0 Å². The molecule has 3 heteroatoms. The van der Waals surface area contributed by atoms with Crippen LogP contribution in [0.3, 0.4) is 0 Å². The standard InChI is InChI=1S/C15H19N3/c16-11-6-7-13-14(8-9-17-15(13)10-11)18-12-4-2-1-3-5-12/h6-10,12H,1-5,16H2,(H,17,18). The van der Waals surface area contributed by atoms with Crippen LogP contribution in [0.25, 0.3) is 10.9 Å². The molecule has 0 bridgehead atoms. The fourth-order valence-electron chi connectivity index (χ4n) is 2.76. The Morgan fingerprint density at radius 2 is 1.94 bits per heavy atom.